The lowest BCUT2D eigenvalue weighted by Crippen LogP contribution is -2.49. The van der Waals surface area contributed by atoms with E-state index in [0.29, 0.717) is 42.3 Å². The number of thiophene rings is 1. The molecule has 2 aromatic heterocycles. The summed E-state index contributed by atoms with van der Waals surface area (Å²) < 4.78 is 41.4. The van der Waals surface area contributed by atoms with Gasteiger partial charge in [-0.3, -0.25) is 0 Å². The molecule has 9 heteroatoms. The summed E-state index contributed by atoms with van der Waals surface area (Å²) in [6.45, 7) is 5.44. The van der Waals surface area contributed by atoms with Crippen LogP contribution in [0.1, 0.15) is 9.75 Å². The van der Waals surface area contributed by atoms with E-state index in [0.717, 1.165) is 9.75 Å². The Morgan fingerprint density at radius 2 is 1.85 bits per heavy atom. The third-order valence-corrected chi connectivity index (χ3v) is 7.87. The fourth-order valence-electron chi connectivity index (χ4n) is 3.43. The molecule has 0 atom stereocenters. The zero-order valence-corrected chi connectivity index (χ0v) is 16.6. The van der Waals surface area contributed by atoms with Crippen LogP contribution in [0.4, 0.5) is 10.2 Å². The second-order valence-electron chi connectivity index (χ2n) is 6.50. The Bertz CT molecular complexity index is 1110. The molecule has 0 bridgehead atoms. The quantitative estimate of drug-likeness (QED) is 0.669. The molecule has 1 fully saturated rings. The van der Waals surface area contributed by atoms with Crippen molar-refractivity contribution in [1.82, 2.24) is 14.3 Å². The number of hydrogen-bond acceptors (Lipinski definition) is 6. The van der Waals surface area contributed by atoms with Crippen molar-refractivity contribution in [3.63, 3.8) is 0 Å². The molecule has 0 unspecified atom stereocenters. The molecular weight excluding hydrogens is 387 g/mol. The molecule has 6 nitrogen and oxygen atoms in total. The maximum Gasteiger partial charge on any atom is 0.244 e. The number of piperazine rings is 1. The molecule has 0 radical (unpaired) electrons. The van der Waals surface area contributed by atoms with Gasteiger partial charge in [-0.1, -0.05) is 6.07 Å². The molecule has 1 saturated heterocycles. The Morgan fingerprint density at radius 1 is 1.11 bits per heavy atom. The van der Waals surface area contributed by atoms with E-state index in [1.807, 2.05) is 18.7 Å². The number of sulfonamides is 1. The van der Waals surface area contributed by atoms with E-state index < -0.39 is 10.0 Å². The molecule has 1 aliphatic heterocycles. The van der Waals surface area contributed by atoms with Gasteiger partial charge in [0.1, 0.15) is 23.5 Å². The first-order valence-electron chi connectivity index (χ1n) is 8.59. The van der Waals surface area contributed by atoms with Crippen molar-refractivity contribution in [3.05, 3.63) is 46.2 Å². The first-order valence-corrected chi connectivity index (χ1v) is 10.8. The summed E-state index contributed by atoms with van der Waals surface area (Å²) in [4.78, 5) is 12.5. The highest BCUT2D eigenvalue weighted by Crippen LogP contribution is 2.30. The van der Waals surface area contributed by atoms with Crippen LogP contribution in [0.2, 0.25) is 0 Å². The second kappa shape index (κ2) is 6.81. The zero-order chi connectivity index (χ0) is 19.2. The zero-order valence-electron chi connectivity index (χ0n) is 15.0. The van der Waals surface area contributed by atoms with Crippen molar-refractivity contribution in [2.75, 3.05) is 31.1 Å². The van der Waals surface area contributed by atoms with Gasteiger partial charge in [-0.05, 0) is 32.0 Å². The minimum absolute atomic E-state index is 0.280. The van der Waals surface area contributed by atoms with Crippen molar-refractivity contribution in [2.24, 2.45) is 0 Å². The molecule has 0 aliphatic carbocycles. The third-order valence-electron chi connectivity index (χ3n) is 4.75. The molecule has 3 heterocycles. The number of nitrogens with zero attached hydrogens (tertiary/aromatic N) is 4. The van der Waals surface area contributed by atoms with Gasteiger partial charge >= 0.3 is 0 Å². The predicted octanol–water partition coefficient (Wildman–Crippen LogP) is 2.96. The topological polar surface area (TPSA) is 66.4 Å². The van der Waals surface area contributed by atoms with Crippen LogP contribution in [0.5, 0.6) is 0 Å². The molecule has 0 amide bonds. The first kappa shape index (κ1) is 18.3. The normalized spacial score (nSPS) is 16.2. The maximum atomic E-state index is 14.0. The largest absolute Gasteiger partial charge is 0.353 e. The van der Waals surface area contributed by atoms with E-state index in [9.17, 15) is 12.8 Å². The van der Waals surface area contributed by atoms with Gasteiger partial charge in [-0.2, -0.15) is 4.31 Å². The highest BCUT2D eigenvalue weighted by atomic mass is 32.2. The minimum Gasteiger partial charge on any atom is -0.353 e. The van der Waals surface area contributed by atoms with E-state index >= 15 is 0 Å². The van der Waals surface area contributed by atoms with Crippen molar-refractivity contribution in [2.45, 2.75) is 18.7 Å². The lowest BCUT2D eigenvalue weighted by molar-refractivity contribution is 0.384. The Labute approximate surface area is 161 Å². The molecule has 1 aliphatic rings. The molecule has 4 rings (SSSR count). The highest BCUT2D eigenvalue weighted by molar-refractivity contribution is 7.89. The van der Waals surface area contributed by atoms with Gasteiger partial charge in [0.05, 0.1) is 4.90 Å². The average molecular weight is 407 g/mol. The van der Waals surface area contributed by atoms with Gasteiger partial charge < -0.3 is 4.90 Å². The smallest absolute Gasteiger partial charge is 0.244 e. The van der Waals surface area contributed by atoms with Crippen molar-refractivity contribution in [1.29, 1.82) is 0 Å². The number of hydrogen-bond donors (Lipinski definition) is 0. The third kappa shape index (κ3) is 3.19. The van der Waals surface area contributed by atoms with Gasteiger partial charge in [-0.15, -0.1) is 11.3 Å². The summed E-state index contributed by atoms with van der Waals surface area (Å²) in [5.74, 6) is 0.250. The molecule has 3 aromatic rings. The van der Waals surface area contributed by atoms with Gasteiger partial charge in [0, 0.05) is 41.3 Å². The van der Waals surface area contributed by atoms with Gasteiger partial charge in [0.2, 0.25) is 10.0 Å². The molecular formula is C18H19FN4O2S2. The molecule has 0 N–H and O–H groups in total. The number of benzene rings is 1. The number of fused-ring (bicyclic) bond motifs is 1. The molecule has 1 aromatic carbocycles. The van der Waals surface area contributed by atoms with Crippen LogP contribution in [0, 0.1) is 19.7 Å². The number of aromatic nitrogens is 2. The van der Waals surface area contributed by atoms with E-state index in [2.05, 4.69) is 9.97 Å². The Morgan fingerprint density at radius 3 is 2.52 bits per heavy atom. The van der Waals surface area contributed by atoms with Gasteiger partial charge in [0.25, 0.3) is 0 Å². The first-order chi connectivity index (χ1) is 12.9. The monoisotopic (exact) mass is 406 g/mol. The number of anilines is 1. The summed E-state index contributed by atoms with van der Waals surface area (Å²) in [7, 11) is -3.50. The number of halogens is 1. The van der Waals surface area contributed by atoms with Crippen LogP contribution in [0.25, 0.3) is 10.9 Å². The predicted molar refractivity (Wildman–Crippen MR) is 104 cm³/mol. The summed E-state index contributed by atoms with van der Waals surface area (Å²) in [6.07, 6.45) is 1.35. The Hall–Kier alpha value is -2.10. The van der Waals surface area contributed by atoms with E-state index in [-0.39, 0.29) is 11.3 Å². The molecule has 27 heavy (non-hydrogen) atoms. The van der Waals surface area contributed by atoms with Crippen LogP contribution in [-0.2, 0) is 10.0 Å². The average Bonchev–Trinajstić information content (AvgIpc) is 3.01. The summed E-state index contributed by atoms with van der Waals surface area (Å²) in [6, 6.07) is 6.53. The molecule has 142 valence electrons. The maximum absolute atomic E-state index is 14.0. The van der Waals surface area contributed by atoms with E-state index in [1.165, 1.54) is 28.0 Å². The Balaban J connectivity index is 1.58. The fraction of sp³-hybridized carbons (Fsp3) is 0.333. The standard InChI is InChI=1S/C18H19FN4O2S2/c1-12-10-16(13(2)26-12)27(24,25)23-8-6-22(7-9-23)18-14-4-3-5-15(19)17(14)20-11-21-18/h3-5,10-11H,6-9H2,1-2H3. The van der Waals surface area contributed by atoms with Crippen LogP contribution < -0.4 is 4.90 Å². The van der Waals surface area contributed by atoms with E-state index in [1.54, 1.807) is 18.2 Å². The number of rotatable bonds is 3. The lowest BCUT2D eigenvalue weighted by atomic mass is 10.2. The summed E-state index contributed by atoms with van der Waals surface area (Å²) in [5, 5.41) is 0.637. The Kier molecular flexibility index (Phi) is 4.61. The number of aryl methyl sites for hydroxylation is 2. The van der Waals surface area contributed by atoms with Gasteiger partial charge in [-0.25, -0.2) is 22.8 Å². The van der Waals surface area contributed by atoms with Crippen LogP contribution in [0.3, 0.4) is 0 Å². The van der Waals surface area contributed by atoms with Crippen LogP contribution in [-0.4, -0.2) is 48.9 Å². The lowest BCUT2D eigenvalue weighted by Gasteiger charge is -2.35. The fourth-order valence-corrected chi connectivity index (χ4v) is 6.38. The highest BCUT2D eigenvalue weighted by Gasteiger charge is 2.31. The minimum atomic E-state index is -3.50. The van der Waals surface area contributed by atoms with Crippen LogP contribution in [0.15, 0.2) is 35.5 Å². The number of para-hydroxylation sites is 1. The van der Waals surface area contributed by atoms with Crippen molar-refractivity contribution in [3.8, 4) is 0 Å². The summed E-state index contributed by atoms with van der Waals surface area (Å²) in [5.41, 5.74) is 0.280. The molecule has 0 saturated carbocycles. The van der Waals surface area contributed by atoms with Gasteiger partial charge in [0.15, 0.2) is 0 Å². The summed E-state index contributed by atoms with van der Waals surface area (Å²) >= 11 is 1.49. The SMILES string of the molecule is Cc1cc(S(=O)(=O)N2CCN(c3ncnc4c(F)cccc34)CC2)c(C)s1. The second-order valence-corrected chi connectivity index (χ2v) is 9.87. The van der Waals surface area contributed by atoms with Crippen molar-refractivity contribution < 1.29 is 12.8 Å². The molecule has 0 spiro atoms. The van der Waals surface area contributed by atoms with E-state index in [4.69, 9.17) is 0 Å². The van der Waals surface area contributed by atoms with Crippen LogP contribution >= 0.6 is 11.3 Å². The van der Waals surface area contributed by atoms with Crippen molar-refractivity contribution >= 4 is 38.1 Å².